The van der Waals surface area contributed by atoms with E-state index >= 15 is 0 Å². The van der Waals surface area contributed by atoms with Gasteiger partial charge >= 0.3 is 0 Å². The second-order valence-corrected chi connectivity index (χ2v) is 4.50. The molecule has 1 aliphatic rings. The second kappa shape index (κ2) is 5.21. The summed E-state index contributed by atoms with van der Waals surface area (Å²) in [5.41, 5.74) is 1.21. The van der Waals surface area contributed by atoms with Crippen molar-refractivity contribution in [2.45, 2.75) is 25.7 Å². The summed E-state index contributed by atoms with van der Waals surface area (Å²) in [5.74, 6) is 0.173. The van der Waals surface area contributed by atoms with E-state index in [1.165, 1.54) is 5.56 Å². The number of amides is 1. The molecule has 0 saturated carbocycles. The molecule has 3 heteroatoms. The molecule has 1 amide bonds. The summed E-state index contributed by atoms with van der Waals surface area (Å²) in [7, 11) is 0. The first kappa shape index (κ1) is 11.3. The van der Waals surface area contributed by atoms with E-state index < -0.39 is 0 Å². The predicted molar refractivity (Wildman–Crippen MR) is 68.3 cm³/mol. The van der Waals surface area contributed by atoms with E-state index in [-0.39, 0.29) is 5.91 Å². The van der Waals surface area contributed by atoms with E-state index in [9.17, 15) is 4.79 Å². The Morgan fingerprint density at radius 3 is 2.69 bits per heavy atom. The fourth-order valence-corrected chi connectivity index (χ4v) is 2.28. The highest BCUT2D eigenvalue weighted by molar-refractivity contribution is 7.80. The van der Waals surface area contributed by atoms with Crippen molar-refractivity contribution < 1.29 is 4.79 Å². The number of benzene rings is 1. The molecule has 0 unspecified atom stereocenters. The van der Waals surface area contributed by atoms with Gasteiger partial charge in [0.1, 0.15) is 0 Å². The molecule has 0 spiro atoms. The van der Waals surface area contributed by atoms with Crippen molar-refractivity contribution in [1.82, 2.24) is 4.90 Å². The van der Waals surface area contributed by atoms with E-state index in [2.05, 4.69) is 12.1 Å². The van der Waals surface area contributed by atoms with Gasteiger partial charge in [-0.2, -0.15) is 0 Å². The van der Waals surface area contributed by atoms with Crippen LogP contribution >= 0.6 is 12.2 Å². The summed E-state index contributed by atoms with van der Waals surface area (Å²) in [6, 6.07) is 10.1. The lowest BCUT2D eigenvalue weighted by Crippen LogP contribution is -2.30. The fourth-order valence-electron chi connectivity index (χ4n) is 1.94. The van der Waals surface area contributed by atoms with E-state index in [1.807, 2.05) is 18.2 Å². The Balaban J connectivity index is 1.86. The van der Waals surface area contributed by atoms with Gasteiger partial charge in [-0.15, -0.1) is 0 Å². The molecule has 1 aromatic carbocycles. The molecular formula is C13H15NOS. The Morgan fingerprint density at radius 2 is 2.06 bits per heavy atom. The van der Waals surface area contributed by atoms with Crippen molar-refractivity contribution in [3.63, 3.8) is 0 Å². The molecule has 84 valence electrons. The summed E-state index contributed by atoms with van der Waals surface area (Å²) in [6.45, 7) is 0.812. The summed E-state index contributed by atoms with van der Waals surface area (Å²) in [5, 5.41) is 0. The highest BCUT2D eigenvalue weighted by Gasteiger charge is 2.22. The maximum absolute atomic E-state index is 11.9. The first-order chi connectivity index (χ1) is 7.77. The van der Waals surface area contributed by atoms with Crippen molar-refractivity contribution in [3.8, 4) is 0 Å². The Hall–Kier alpha value is -1.22. The lowest BCUT2D eigenvalue weighted by molar-refractivity contribution is -0.126. The number of rotatable bonds is 3. The Morgan fingerprint density at radius 1 is 1.31 bits per heavy atom. The normalized spacial score (nSPS) is 15.5. The molecule has 1 heterocycles. The van der Waals surface area contributed by atoms with Gasteiger partial charge in [0.2, 0.25) is 5.91 Å². The maximum atomic E-state index is 11.9. The molecule has 16 heavy (non-hydrogen) atoms. The molecule has 0 N–H and O–H groups in total. The van der Waals surface area contributed by atoms with Crippen LogP contribution in [0.25, 0.3) is 0 Å². The summed E-state index contributed by atoms with van der Waals surface area (Å²) in [6.07, 6.45) is 3.28. The molecule has 1 aromatic rings. The van der Waals surface area contributed by atoms with Gasteiger partial charge in [-0.3, -0.25) is 4.79 Å². The summed E-state index contributed by atoms with van der Waals surface area (Å²) < 4.78 is 0. The van der Waals surface area contributed by atoms with Crippen LogP contribution in [0.5, 0.6) is 0 Å². The quantitative estimate of drug-likeness (QED) is 0.748. The third-order valence-electron chi connectivity index (χ3n) is 2.84. The number of aryl methyl sites for hydroxylation is 1. The minimum Gasteiger partial charge on any atom is -0.307 e. The summed E-state index contributed by atoms with van der Waals surface area (Å²) in [4.78, 5) is 14.4. The van der Waals surface area contributed by atoms with Crippen LogP contribution in [-0.2, 0) is 11.2 Å². The van der Waals surface area contributed by atoms with Crippen LogP contribution in [0.2, 0.25) is 0 Å². The topological polar surface area (TPSA) is 20.3 Å². The molecule has 0 aliphatic carbocycles. The largest absolute Gasteiger partial charge is 0.307 e. The van der Waals surface area contributed by atoms with Gasteiger partial charge < -0.3 is 4.90 Å². The molecule has 1 fully saturated rings. The molecule has 1 saturated heterocycles. The van der Waals surface area contributed by atoms with Crippen LogP contribution in [0.1, 0.15) is 24.8 Å². The zero-order valence-electron chi connectivity index (χ0n) is 9.19. The van der Waals surface area contributed by atoms with Crippen LogP contribution in [-0.4, -0.2) is 22.3 Å². The molecular weight excluding hydrogens is 218 g/mol. The van der Waals surface area contributed by atoms with Crippen molar-refractivity contribution in [3.05, 3.63) is 35.9 Å². The van der Waals surface area contributed by atoms with Gasteiger partial charge in [0.15, 0.2) is 0 Å². The van der Waals surface area contributed by atoms with Crippen LogP contribution in [0.15, 0.2) is 30.3 Å². The van der Waals surface area contributed by atoms with Gasteiger partial charge in [-0.1, -0.05) is 42.5 Å². The van der Waals surface area contributed by atoms with E-state index in [0.717, 1.165) is 30.8 Å². The van der Waals surface area contributed by atoms with Gasteiger partial charge in [-0.05, 0) is 18.4 Å². The number of carbonyl (C=O) groups excluding carboxylic acids is 1. The van der Waals surface area contributed by atoms with Crippen LogP contribution < -0.4 is 0 Å². The number of hydrogen-bond acceptors (Lipinski definition) is 2. The molecule has 0 bridgehead atoms. The standard InChI is InChI=1S/C13H15NOS/c15-12(14-10-4-7-13(14)16)9-8-11-5-2-1-3-6-11/h1-3,5-6H,4,7-10H2. The smallest absolute Gasteiger partial charge is 0.227 e. The average Bonchev–Trinajstić information content (AvgIpc) is 2.74. The first-order valence-electron chi connectivity index (χ1n) is 5.64. The molecule has 0 atom stereocenters. The number of nitrogens with zero attached hydrogens (tertiary/aromatic N) is 1. The van der Waals surface area contributed by atoms with E-state index in [1.54, 1.807) is 4.90 Å². The lowest BCUT2D eigenvalue weighted by Gasteiger charge is -2.15. The lowest BCUT2D eigenvalue weighted by atomic mass is 10.1. The van der Waals surface area contributed by atoms with Gasteiger partial charge in [0, 0.05) is 19.4 Å². The molecule has 2 rings (SSSR count). The van der Waals surface area contributed by atoms with Crippen molar-refractivity contribution in [2.24, 2.45) is 0 Å². The third-order valence-corrected chi connectivity index (χ3v) is 3.27. The van der Waals surface area contributed by atoms with Crippen molar-refractivity contribution in [2.75, 3.05) is 6.54 Å². The second-order valence-electron chi connectivity index (χ2n) is 4.03. The predicted octanol–water partition coefficient (Wildman–Crippen LogP) is 2.57. The third kappa shape index (κ3) is 2.67. The molecule has 1 aliphatic heterocycles. The number of thiocarbonyl (C=S) groups is 1. The van der Waals surface area contributed by atoms with Gasteiger partial charge in [-0.25, -0.2) is 0 Å². The minimum atomic E-state index is 0.173. The van der Waals surface area contributed by atoms with Crippen molar-refractivity contribution in [1.29, 1.82) is 0 Å². The van der Waals surface area contributed by atoms with E-state index in [0.29, 0.717) is 6.42 Å². The highest BCUT2D eigenvalue weighted by atomic mass is 32.1. The highest BCUT2D eigenvalue weighted by Crippen LogP contribution is 2.14. The van der Waals surface area contributed by atoms with Gasteiger partial charge in [0.25, 0.3) is 0 Å². The zero-order valence-corrected chi connectivity index (χ0v) is 10.0. The minimum absolute atomic E-state index is 0.173. The van der Waals surface area contributed by atoms with Crippen molar-refractivity contribution >= 4 is 23.1 Å². The van der Waals surface area contributed by atoms with Crippen LogP contribution in [0.3, 0.4) is 0 Å². The molecule has 0 aromatic heterocycles. The zero-order chi connectivity index (χ0) is 11.4. The first-order valence-corrected chi connectivity index (χ1v) is 6.05. The molecule has 0 radical (unpaired) electrons. The SMILES string of the molecule is O=C(CCc1ccccc1)N1CCCC1=S. The van der Waals surface area contributed by atoms with Crippen LogP contribution in [0.4, 0.5) is 0 Å². The fraction of sp³-hybridized carbons (Fsp3) is 0.385. The number of hydrogen-bond donors (Lipinski definition) is 0. The van der Waals surface area contributed by atoms with Crippen LogP contribution in [0, 0.1) is 0 Å². The number of likely N-dealkylation sites (tertiary alicyclic amines) is 1. The Labute approximate surface area is 101 Å². The maximum Gasteiger partial charge on any atom is 0.227 e. The molecule has 2 nitrogen and oxygen atoms in total. The Kier molecular flexibility index (Phi) is 3.67. The average molecular weight is 233 g/mol. The Bertz CT molecular complexity index is 388. The van der Waals surface area contributed by atoms with E-state index in [4.69, 9.17) is 12.2 Å². The monoisotopic (exact) mass is 233 g/mol. The van der Waals surface area contributed by atoms with Gasteiger partial charge in [0.05, 0.1) is 4.99 Å². The summed E-state index contributed by atoms with van der Waals surface area (Å²) >= 11 is 5.15. The number of carbonyl (C=O) groups is 1.